The van der Waals surface area contributed by atoms with Crippen LogP contribution in [0.3, 0.4) is 0 Å². The van der Waals surface area contributed by atoms with Gasteiger partial charge in [0.05, 0.1) is 12.8 Å². The lowest BCUT2D eigenvalue weighted by Crippen LogP contribution is -1.94. The van der Waals surface area contributed by atoms with E-state index in [9.17, 15) is 4.79 Å². The van der Waals surface area contributed by atoms with Gasteiger partial charge >= 0.3 is 6.47 Å². The second kappa shape index (κ2) is 4.33. The Hall–Kier alpha value is -1.58. The molecule has 12 heavy (non-hydrogen) atoms. The van der Waals surface area contributed by atoms with Crippen molar-refractivity contribution < 1.29 is 14.3 Å². The van der Waals surface area contributed by atoms with Gasteiger partial charge in [-0.3, -0.25) is 4.98 Å². The lowest BCUT2D eigenvalue weighted by atomic mass is 10.3. The summed E-state index contributed by atoms with van der Waals surface area (Å²) in [6.07, 6.45) is 1.59. The van der Waals surface area contributed by atoms with E-state index in [0.717, 1.165) is 0 Å². The molecule has 1 aromatic rings. The lowest BCUT2D eigenvalue weighted by Gasteiger charge is -2.00. The molecule has 1 aromatic heterocycles. The second-order valence-electron chi connectivity index (χ2n) is 2.06. The Bertz CT molecular complexity index is 262. The van der Waals surface area contributed by atoms with E-state index >= 15 is 0 Å². The summed E-state index contributed by atoms with van der Waals surface area (Å²) in [6.45, 7) is 1.45. The largest absolute Gasteiger partial charge is 0.497 e. The topological polar surface area (TPSA) is 48.4 Å². The molecule has 1 heterocycles. The van der Waals surface area contributed by atoms with Gasteiger partial charge in [0.1, 0.15) is 12.4 Å². The molecule has 1 rings (SSSR count). The van der Waals surface area contributed by atoms with Crippen LogP contribution in [0.5, 0.6) is 5.75 Å². The summed E-state index contributed by atoms with van der Waals surface area (Å²) in [6, 6.07) is 3.41. The van der Waals surface area contributed by atoms with Crippen LogP contribution in [0.15, 0.2) is 18.3 Å². The van der Waals surface area contributed by atoms with Crippen LogP contribution < -0.4 is 4.74 Å². The van der Waals surface area contributed by atoms with Crippen molar-refractivity contribution in [1.82, 2.24) is 4.98 Å². The van der Waals surface area contributed by atoms with E-state index in [1.54, 1.807) is 25.4 Å². The third-order valence-electron chi connectivity index (χ3n) is 1.30. The predicted octanol–water partition coefficient (Wildman–Crippen LogP) is 0.674. The second-order valence-corrected chi connectivity index (χ2v) is 2.06. The quantitative estimate of drug-likeness (QED) is 0.659. The highest BCUT2D eigenvalue weighted by Gasteiger charge is 1.96. The molecule has 0 aromatic carbocycles. The van der Waals surface area contributed by atoms with Gasteiger partial charge in [-0.1, -0.05) is 0 Å². The summed E-state index contributed by atoms with van der Waals surface area (Å²) in [7, 11) is 1.56. The summed E-state index contributed by atoms with van der Waals surface area (Å²) >= 11 is 0. The molecule has 0 aliphatic rings. The van der Waals surface area contributed by atoms with E-state index in [1.165, 1.54) is 6.47 Å². The molecule has 0 unspecified atom stereocenters. The first kappa shape index (κ1) is 8.52. The molecule has 0 spiro atoms. The van der Waals surface area contributed by atoms with E-state index in [2.05, 4.69) is 9.72 Å². The predicted molar refractivity (Wildman–Crippen MR) is 41.3 cm³/mol. The normalized spacial score (nSPS) is 9.08. The number of hydrogen-bond acceptors (Lipinski definition) is 4. The van der Waals surface area contributed by atoms with Crippen LogP contribution in [-0.4, -0.2) is 18.6 Å². The van der Waals surface area contributed by atoms with Gasteiger partial charge in [0.25, 0.3) is 0 Å². The van der Waals surface area contributed by atoms with E-state index in [-0.39, 0.29) is 6.61 Å². The van der Waals surface area contributed by atoms with Gasteiger partial charge < -0.3 is 9.47 Å². The number of pyridine rings is 1. The maximum Gasteiger partial charge on any atom is 0.417 e. The Balaban J connectivity index is 2.65. The number of methoxy groups -OCH3 is 1. The van der Waals surface area contributed by atoms with Crippen molar-refractivity contribution in [1.29, 1.82) is 0 Å². The minimum absolute atomic E-state index is 0.126. The number of rotatable bonds is 4. The molecule has 4 nitrogen and oxygen atoms in total. The average molecular weight is 166 g/mol. The van der Waals surface area contributed by atoms with Crippen LogP contribution >= 0.6 is 0 Å². The zero-order chi connectivity index (χ0) is 8.81. The zero-order valence-corrected chi connectivity index (χ0v) is 6.61. The zero-order valence-electron chi connectivity index (χ0n) is 6.61. The fourth-order valence-electron chi connectivity index (χ4n) is 0.765. The molecule has 0 saturated heterocycles. The van der Waals surface area contributed by atoms with Gasteiger partial charge in [0.2, 0.25) is 0 Å². The van der Waals surface area contributed by atoms with Crippen molar-refractivity contribution in [2.75, 3.05) is 7.11 Å². The van der Waals surface area contributed by atoms with Crippen molar-refractivity contribution in [3.05, 3.63) is 24.0 Å². The van der Waals surface area contributed by atoms with Gasteiger partial charge in [-0.25, -0.2) is 4.79 Å². The molecule has 0 saturated carbocycles. The molecule has 0 aliphatic heterocycles. The van der Waals surface area contributed by atoms with Gasteiger partial charge in [-0.15, -0.1) is 0 Å². The highest BCUT2D eigenvalue weighted by Crippen LogP contribution is 2.09. The molecule has 0 bridgehead atoms. The van der Waals surface area contributed by atoms with Crippen LogP contribution in [-0.2, 0) is 16.1 Å². The molecule has 0 atom stereocenters. The van der Waals surface area contributed by atoms with E-state index in [0.29, 0.717) is 11.4 Å². The van der Waals surface area contributed by atoms with Gasteiger partial charge in [0, 0.05) is 12.3 Å². The average Bonchev–Trinajstić information content (AvgIpc) is 2.15. The first-order valence-corrected chi connectivity index (χ1v) is 3.34. The monoisotopic (exact) mass is 166 g/mol. The van der Waals surface area contributed by atoms with E-state index in [1.807, 2.05) is 0 Å². The van der Waals surface area contributed by atoms with E-state index < -0.39 is 0 Å². The molecule has 0 aliphatic carbocycles. The Morgan fingerprint density at radius 2 is 2.50 bits per heavy atom. The Morgan fingerprint density at radius 1 is 1.67 bits per heavy atom. The maximum atomic E-state index is 9.73. The van der Waals surface area contributed by atoms with Gasteiger partial charge in [0.15, 0.2) is 0 Å². The Kier molecular flexibility index (Phi) is 3.07. The van der Waals surface area contributed by atoms with Crippen molar-refractivity contribution in [3.8, 4) is 5.75 Å². The standard InChI is InChI=1S/C8H8NO3/c1-11-8-2-3-9-7(4-8)5-12-6-10/h2-4H,5H2,1H3. The first-order valence-electron chi connectivity index (χ1n) is 3.34. The summed E-state index contributed by atoms with van der Waals surface area (Å²) in [5.41, 5.74) is 0.637. The summed E-state index contributed by atoms with van der Waals surface area (Å²) < 4.78 is 9.34. The first-order chi connectivity index (χ1) is 5.86. The molecule has 1 radical (unpaired) electrons. The molecule has 0 N–H and O–H groups in total. The summed E-state index contributed by atoms with van der Waals surface area (Å²) in [5, 5.41) is 0. The van der Waals surface area contributed by atoms with Crippen LogP contribution in [0, 0.1) is 0 Å². The maximum absolute atomic E-state index is 9.73. The fraction of sp³-hybridized carbons (Fsp3) is 0.250. The van der Waals surface area contributed by atoms with Crippen LogP contribution in [0.4, 0.5) is 0 Å². The number of hydrogen-bond donors (Lipinski definition) is 0. The highest BCUT2D eigenvalue weighted by atomic mass is 16.5. The molecule has 63 valence electrons. The van der Waals surface area contributed by atoms with Crippen LogP contribution in [0.2, 0.25) is 0 Å². The number of carbonyl (C=O) groups excluding carboxylic acids is 1. The highest BCUT2D eigenvalue weighted by molar-refractivity contribution is 5.38. The van der Waals surface area contributed by atoms with Crippen molar-refractivity contribution in [3.63, 3.8) is 0 Å². The summed E-state index contributed by atoms with van der Waals surface area (Å²) in [4.78, 5) is 13.7. The Morgan fingerprint density at radius 3 is 3.17 bits per heavy atom. The third-order valence-corrected chi connectivity index (χ3v) is 1.30. The lowest BCUT2D eigenvalue weighted by molar-refractivity contribution is 0.262. The third kappa shape index (κ3) is 2.23. The van der Waals surface area contributed by atoms with Crippen molar-refractivity contribution in [2.45, 2.75) is 6.61 Å². The van der Waals surface area contributed by atoms with Crippen LogP contribution in [0.25, 0.3) is 0 Å². The number of ether oxygens (including phenoxy) is 2. The summed E-state index contributed by atoms with van der Waals surface area (Å²) in [5.74, 6) is 0.689. The molecular weight excluding hydrogens is 158 g/mol. The smallest absolute Gasteiger partial charge is 0.417 e. The SMILES string of the molecule is COc1ccnc(CO[C]=O)c1. The van der Waals surface area contributed by atoms with Gasteiger partial charge in [-0.05, 0) is 6.07 Å². The molecular formula is C8H8NO3. The van der Waals surface area contributed by atoms with Gasteiger partial charge in [-0.2, -0.15) is 0 Å². The number of aromatic nitrogens is 1. The van der Waals surface area contributed by atoms with E-state index in [4.69, 9.17) is 4.74 Å². The van der Waals surface area contributed by atoms with Crippen molar-refractivity contribution >= 4 is 6.47 Å². The molecule has 4 heteroatoms. The van der Waals surface area contributed by atoms with Crippen LogP contribution in [0.1, 0.15) is 5.69 Å². The molecule has 0 fully saturated rings. The minimum atomic E-state index is 0.126. The number of nitrogens with zero attached hydrogens (tertiary/aromatic N) is 1. The fourth-order valence-corrected chi connectivity index (χ4v) is 0.765. The minimum Gasteiger partial charge on any atom is -0.497 e. The Labute approximate surface area is 70.1 Å². The van der Waals surface area contributed by atoms with Crippen molar-refractivity contribution in [2.24, 2.45) is 0 Å². The molecule has 0 amide bonds.